The molecule has 0 heterocycles. The van der Waals surface area contributed by atoms with Gasteiger partial charge in [-0.25, -0.2) is 9.87 Å². The molecule has 0 unspecified atom stereocenters. The van der Waals surface area contributed by atoms with Crippen molar-refractivity contribution in [2.24, 2.45) is 0 Å². The molecule has 0 bridgehead atoms. The molecule has 0 aromatic heterocycles. The van der Waals surface area contributed by atoms with Crippen molar-refractivity contribution in [3.8, 4) is 5.75 Å². The smallest absolute Gasteiger partial charge is 0.414 e. The van der Waals surface area contributed by atoms with Crippen LogP contribution < -0.4 is 10.2 Å². The molecule has 106 valence electrons. The van der Waals surface area contributed by atoms with Crippen LogP contribution in [0.3, 0.4) is 0 Å². The van der Waals surface area contributed by atoms with Crippen molar-refractivity contribution in [2.45, 2.75) is 12.6 Å². The largest absolute Gasteiger partial charge is 0.490 e. The van der Waals surface area contributed by atoms with Gasteiger partial charge in [0.15, 0.2) is 18.2 Å². The fraction of sp³-hybridized carbons (Fsp3) is 0.364. The molecule has 0 aliphatic rings. The third-order valence-corrected chi connectivity index (χ3v) is 1.85. The summed E-state index contributed by atoms with van der Waals surface area (Å²) in [5.41, 5.74) is 1.61. The van der Waals surface area contributed by atoms with Crippen LogP contribution in [0.4, 0.5) is 17.6 Å². The summed E-state index contributed by atoms with van der Waals surface area (Å²) in [4.78, 5) is 15.0. The summed E-state index contributed by atoms with van der Waals surface area (Å²) in [5.74, 6) is -1.41. The van der Waals surface area contributed by atoms with Crippen LogP contribution in [0.1, 0.15) is 6.42 Å². The lowest BCUT2D eigenvalue weighted by Crippen LogP contribution is -2.30. The van der Waals surface area contributed by atoms with Gasteiger partial charge in [0, 0.05) is 0 Å². The topological polar surface area (TPSA) is 47.6 Å². The molecule has 0 aliphatic heterocycles. The first kappa shape index (κ1) is 15.2. The average Bonchev–Trinajstić information content (AvgIpc) is 2.30. The first-order chi connectivity index (χ1) is 8.88. The number of hydroxylamine groups is 1. The Morgan fingerprint density at radius 3 is 2.58 bits per heavy atom. The SMILES string of the molecule is O=C(CCOc1ccccc1F)NOCC(F)(F)F. The number of nitrogens with one attached hydrogen (secondary N) is 1. The second-order valence-corrected chi connectivity index (χ2v) is 3.46. The van der Waals surface area contributed by atoms with Crippen LogP contribution in [0, 0.1) is 5.82 Å². The van der Waals surface area contributed by atoms with Crippen molar-refractivity contribution in [3.63, 3.8) is 0 Å². The van der Waals surface area contributed by atoms with E-state index in [1.807, 2.05) is 0 Å². The van der Waals surface area contributed by atoms with Crippen molar-refractivity contribution >= 4 is 5.91 Å². The number of ether oxygens (including phenoxy) is 1. The Hall–Kier alpha value is -1.83. The molecule has 0 fully saturated rings. The summed E-state index contributed by atoms with van der Waals surface area (Å²) in [7, 11) is 0. The number of carbonyl (C=O) groups is 1. The third-order valence-electron chi connectivity index (χ3n) is 1.85. The molecule has 1 N–H and O–H groups in total. The molecular weight excluding hydrogens is 270 g/mol. The van der Waals surface area contributed by atoms with E-state index in [2.05, 4.69) is 4.84 Å². The van der Waals surface area contributed by atoms with E-state index in [4.69, 9.17) is 4.74 Å². The quantitative estimate of drug-likeness (QED) is 0.642. The van der Waals surface area contributed by atoms with Gasteiger partial charge in [0.1, 0.15) is 0 Å². The molecule has 0 aliphatic carbocycles. The molecule has 1 amide bonds. The fourth-order valence-electron chi connectivity index (χ4n) is 1.06. The molecule has 0 saturated heterocycles. The molecule has 0 atom stereocenters. The summed E-state index contributed by atoms with van der Waals surface area (Å²) in [6, 6.07) is 5.57. The number of benzene rings is 1. The lowest BCUT2D eigenvalue weighted by Gasteiger charge is -2.09. The standard InChI is InChI=1S/C11H11F4NO3/c12-8-3-1-2-4-9(8)18-6-5-10(17)16-19-7-11(13,14)15/h1-4H,5-7H2,(H,16,17). The van der Waals surface area contributed by atoms with Gasteiger partial charge in [0.25, 0.3) is 0 Å². The van der Waals surface area contributed by atoms with Crippen LogP contribution in [0.25, 0.3) is 0 Å². The van der Waals surface area contributed by atoms with E-state index in [-0.39, 0.29) is 18.8 Å². The van der Waals surface area contributed by atoms with Gasteiger partial charge in [-0.3, -0.25) is 9.63 Å². The maximum atomic E-state index is 13.1. The predicted molar refractivity (Wildman–Crippen MR) is 56.7 cm³/mol. The van der Waals surface area contributed by atoms with Crippen molar-refractivity contribution < 1.29 is 31.9 Å². The van der Waals surface area contributed by atoms with Crippen molar-refractivity contribution in [1.82, 2.24) is 5.48 Å². The number of alkyl halides is 3. The first-order valence-corrected chi connectivity index (χ1v) is 5.23. The van der Waals surface area contributed by atoms with Crippen molar-refractivity contribution in [2.75, 3.05) is 13.2 Å². The Kier molecular flexibility index (Phi) is 5.56. The van der Waals surface area contributed by atoms with Gasteiger partial charge in [-0.1, -0.05) is 12.1 Å². The Labute approximate surface area is 106 Å². The normalized spacial score (nSPS) is 11.2. The number of halogens is 4. The number of hydrogen-bond acceptors (Lipinski definition) is 3. The van der Waals surface area contributed by atoms with Crippen LogP contribution >= 0.6 is 0 Å². The van der Waals surface area contributed by atoms with Crippen LogP contribution in [0.15, 0.2) is 24.3 Å². The molecule has 0 saturated carbocycles. The summed E-state index contributed by atoms with van der Waals surface area (Å²) in [5, 5.41) is 0. The van der Waals surface area contributed by atoms with Crippen LogP contribution in [-0.4, -0.2) is 25.3 Å². The highest BCUT2D eigenvalue weighted by molar-refractivity contribution is 5.74. The molecule has 19 heavy (non-hydrogen) atoms. The van der Waals surface area contributed by atoms with Crippen molar-refractivity contribution in [3.05, 3.63) is 30.1 Å². The minimum absolute atomic E-state index is 0.0356. The molecule has 1 aromatic rings. The molecule has 4 nitrogen and oxygen atoms in total. The van der Waals surface area contributed by atoms with Gasteiger partial charge in [0.05, 0.1) is 13.0 Å². The molecule has 1 rings (SSSR count). The minimum Gasteiger partial charge on any atom is -0.490 e. The molecule has 1 aromatic carbocycles. The van der Waals surface area contributed by atoms with Gasteiger partial charge in [-0.05, 0) is 12.1 Å². The maximum absolute atomic E-state index is 13.1. The highest BCUT2D eigenvalue weighted by atomic mass is 19.4. The zero-order chi connectivity index (χ0) is 14.3. The van der Waals surface area contributed by atoms with Gasteiger partial charge < -0.3 is 4.74 Å². The van der Waals surface area contributed by atoms with E-state index in [1.54, 1.807) is 11.5 Å². The van der Waals surface area contributed by atoms with E-state index >= 15 is 0 Å². The number of para-hydroxylation sites is 1. The number of rotatable bonds is 6. The minimum atomic E-state index is -4.52. The van der Waals surface area contributed by atoms with E-state index in [9.17, 15) is 22.4 Å². The maximum Gasteiger partial charge on any atom is 0.414 e. The van der Waals surface area contributed by atoms with E-state index in [1.165, 1.54) is 18.2 Å². The van der Waals surface area contributed by atoms with Crippen LogP contribution in [0.5, 0.6) is 5.75 Å². The molecule has 8 heteroatoms. The van der Waals surface area contributed by atoms with Gasteiger partial charge >= 0.3 is 6.18 Å². The van der Waals surface area contributed by atoms with Gasteiger partial charge in [0.2, 0.25) is 5.91 Å². The van der Waals surface area contributed by atoms with Crippen LogP contribution in [-0.2, 0) is 9.63 Å². The van der Waals surface area contributed by atoms with E-state index < -0.39 is 24.5 Å². The predicted octanol–water partition coefficient (Wildman–Crippen LogP) is 2.20. The number of hydrogen-bond donors (Lipinski definition) is 1. The lowest BCUT2D eigenvalue weighted by atomic mass is 10.3. The van der Waals surface area contributed by atoms with Crippen molar-refractivity contribution in [1.29, 1.82) is 0 Å². The average molecular weight is 281 g/mol. The summed E-state index contributed by atoms with van der Waals surface area (Å²) < 4.78 is 53.1. The summed E-state index contributed by atoms with van der Waals surface area (Å²) in [6.07, 6.45) is -4.77. The Morgan fingerprint density at radius 2 is 1.95 bits per heavy atom. The molecule has 0 radical (unpaired) electrons. The highest BCUT2D eigenvalue weighted by Crippen LogP contribution is 2.15. The number of amides is 1. The number of carbonyl (C=O) groups excluding carboxylic acids is 1. The second kappa shape index (κ2) is 6.93. The Balaban J connectivity index is 2.19. The zero-order valence-corrected chi connectivity index (χ0v) is 9.67. The van der Waals surface area contributed by atoms with Gasteiger partial charge in [-0.15, -0.1) is 0 Å². The van der Waals surface area contributed by atoms with Crippen LogP contribution in [0.2, 0.25) is 0 Å². The zero-order valence-electron chi connectivity index (χ0n) is 9.67. The Bertz CT molecular complexity index is 423. The summed E-state index contributed by atoms with van der Waals surface area (Å²) >= 11 is 0. The van der Waals surface area contributed by atoms with E-state index in [0.717, 1.165) is 0 Å². The van der Waals surface area contributed by atoms with E-state index in [0.29, 0.717) is 0 Å². The highest BCUT2D eigenvalue weighted by Gasteiger charge is 2.28. The monoisotopic (exact) mass is 281 g/mol. The third kappa shape index (κ3) is 6.61. The molecular formula is C11H11F4NO3. The lowest BCUT2D eigenvalue weighted by molar-refractivity contribution is -0.191. The second-order valence-electron chi connectivity index (χ2n) is 3.46. The van der Waals surface area contributed by atoms with Gasteiger partial charge in [-0.2, -0.15) is 13.2 Å². The Morgan fingerprint density at radius 1 is 1.26 bits per heavy atom. The molecule has 0 spiro atoms. The fourth-order valence-corrected chi connectivity index (χ4v) is 1.06. The summed E-state index contributed by atoms with van der Waals surface area (Å²) in [6.45, 7) is -1.75. The first-order valence-electron chi connectivity index (χ1n) is 5.23.